The van der Waals surface area contributed by atoms with Gasteiger partial charge in [-0.05, 0) is 36.4 Å². The van der Waals surface area contributed by atoms with E-state index in [1.54, 1.807) is 24.5 Å². The van der Waals surface area contributed by atoms with Gasteiger partial charge < -0.3 is 9.73 Å². The molecule has 4 aromatic rings. The minimum atomic E-state index is -1.03. The number of halogens is 3. The maximum Gasteiger partial charge on any atom is 0.234 e. The minimum absolute atomic E-state index is 0.00910. The van der Waals surface area contributed by atoms with Crippen LogP contribution >= 0.6 is 23.4 Å². The molecule has 1 amide bonds. The number of nitrogens with zero attached hydrogens (tertiary/aromatic N) is 3. The summed E-state index contributed by atoms with van der Waals surface area (Å²) in [6.07, 6.45) is 1.57. The van der Waals surface area contributed by atoms with Crippen LogP contribution in [-0.4, -0.2) is 26.4 Å². The van der Waals surface area contributed by atoms with Gasteiger partial charge in [0, 0.05) is 22.3 Å². The van der Waals surface area contributed by atoms with Gasteiger partial charge in [0.1, 0.15) is 5.76 Å². The smallest absolute Gasteiger partial charge is 0.234 e. The van der Waals surface area contributed by atoms with E-state index < -0.39 is 17.5 Å². The van der Waals surface area contributed by atoms with E-state index in [1.165, 1.54) is 6.07 Å². The molecule has 0 saturated heterocycles. The molecule has 0 aliphatic heterocycles. The number of carbonyl (C=O) groups excluding carboxylic acids is 1. The molecule has 6 nitrogen and oxygen atoms in total. The summed E-state index contributed by atoms with van der Waals surface area (Å²) in [6.45, 7) is 0.356. The Morgan fingerprint density at radius 2 is 1.97 bits per heavy atom. The second kappa shape index (κ2) is 9.32. The van der Waals surface area contributed by atoms with E-state index in [4.69, 9.17) is 16.0 Å². The Bertz CT molecular complexity index is 1210. The van der Waals surface area contributed by atoms with Gasteiger partial charge in [-0.15, -0.1) is 10.2 Å². The lowest BCUT2D eigenvalue weighted by Crippen LogP contribution is -2.15. The maximum absolute atomic E-state index is 13.3. The lowest BCUT2D eigenvalue weighted by molar-refractivity contribution is -0.113. The highest BCUT2D eigenvalue weighted by Gasteiger charge is 2.17. The molecular formula is C21H15ClF2N4O2S. The van der Waals surface area contributed by atoms with E-state index in [9.17, 15) is 13.6 Å². The van der Waals surface area contributed by atoms with Gasteiger partial charge in [0.2, 0.25) is 5.91 Å². The minimum Gasteiger partial charge on any atom is -0.467 e. The Hall–Kier alpha value is -3.17. The van der Waals surface area contributed by atoms with Crippen LogP contribution in [0.1, 0.15) is 5.76 Å². The average Bonchev–Trinajstić information content (AvgIpc) is 3.40. The van der Waals surface area contributed by atoms with Crippen molar-refractivity contribution in [1.29, 1.82) is 0 Å². The van der Waals surface area contributed by atoms with E-state index in [0.717, 1.165) is 29.5 Å². The van der Waals surface area contributed by atoms with Crippen LogP contribution in [0.5, 0.6) is 0 Å². The van der Waals surface area contributed by atoms with Gasteiger partial charge in [-0.2, -0.15) is 0 Å². The highest BCUT2D eigenvalue weighted by atomic mass is 35.5. The number of hydrogen-bond donors (Lipinski definition) is 1. The van der Waals surface area contributed by atoms with Crippen LogP contribution in [-0.2, 0) is 11.3 Å². The number of nitrogens with one attached hydrogen (secondary N) is 1. The third-order valence-electron chi connectivity index (χ3n) is 4.23. The molecule has 2 aromatic carbocycles. The highest BCUT2D eigenvalue weighted by molar-refractivity contribution is 7.99. The van der Waals surface area contributed by atoms with Gasteiger partial charge in [-0.25, -0.2) is 8.78 Å². The normalized spacial score (nSPS) is 10.9. The van der Waals surface area contributed by atoms with Crippen molar-refractivity contribution >= 4 is 35.0 Å². The van der Waals surface area contributed by atoms with E-state index >= 15 is 0 Å². The van der Waals surface area contributed by atoms with Crippen molar-refractivity contribution in [2.75, 3.05) is 11.1 Å². The van der Waals surface area contributed by atoms with Crippen LogP contribution < -0.4 is 5.32 Å². The van der Waals surface area contributed by atoms with Crippen LogP contribution in [0.2, 0.25) is 5.02 Å². The molecule has 0 aliphatic rings. The van der Waals surface area contributed by atoms with E-state index in [-0.39, 0.29) is 11.4 Å². The molecule has 31 heavy (non-hydrogen) atoms. The summed E-state index contributed by atoms with van der Waals surface area (Å²) < 4.78 is 33.6. The Kier molecular flexibility index (Phi) is 6.34. The van der Waals surface area contributed by atoms with Crippen molar-refractivity contribution in [3.8, 4) is 11.4 Å². The lowest BCUT2D eigenvalue weighted by atomic mass is 10.2. The van der Waals surface area contributed by atoms with Crippen LogP contribution in [0.15, 0.2) is 70.4 Å². The molecule has 10 heteroatoms. The number of hydrogen-bond acceptors (Lipinski definition) is 5. The molecule has 4 rings (SSSR count). The van der Waals surface area contributed by atoms with Crippen molar-refractivity contribution in [1.82, 2.24) is 14.8 Å². The van der Waals surface area contributed by atoms with Gasteiger partial charge in [0.25, 0.3) is 0 Å². The fourth-order valence-electron chi connectivity index (χ4n) is 2.84. The van der Waals surface area contributed by atoms with Crippen LogP contribution in [0.3, 0.4) is 0 Å². The summed E-state index contributed by atoms with van der Waals surface area (Å²) in [6, 6.07) is 14.0. The quantitative estimate of drug-likeness (QED) is 0.381. The first kappa shape index (κ1) is 21.1. The molecule has 2 heterocycles. The number of benzene rings is 2. The molecular weight excluding hydrogens is 446 g/mol. The van der Waals surface area contributed by atoms with Gasteiger partial charge >= 0.3 is 0 Å². The molecule has 0 radical (unpaired) electrons. The zero-order valence-electron chi connectivity index (χ0n) is 15.9. The second-order valence-corrected chi connectivity index (χ2v) is 7.83. The predicted octanol–water partition coefficient (Wildman–Crippen LogP) is 5.25. The van der Waals surface area contributed by atoms with Crippen LogP contribution in [0.4, 0.5) is 14.5 Å². The van der Waals surface area contributed by atoms with Crippen molar-refractivity contribution in [3.63, 3.8) is 0 Å². The first-order valence-electron chi connectivity index (χ1n) is 9.09. The Labute approximate surface area is 185 Å². The predicted molar refractivity (Wildman–Crippen MR) is 114 cm³/mol. The summed E-state index contributed by atoms with van der Waals surface area (Å²) in [5.74, 6) is -1.15. The number of amides is 1. The summed E-state index contributed by atoms with van der Waals surface area (Å²) in [5, 5.41) is 12.1. The molecule has 0 fully saturated rings. The second-order valence-electron chi connectivity index (χ2n) is 6.45. The fourth-order valence-corrected chi connectivity index (χ4v) is 3.77. The third-order valence-corrected chi connectivity index (χ3v) is 5.43. The average molecular weight is 461 g/mol. The van der Waals surface area contributed by atoms with Crippen molar-refractivity contribution in [2.24, 2.45) is 0 Å². The molecule has 2 aromatic heterocycles. The zero-order valence-corrected chi connectivity index (χ0v) is 17.5. The van der Waals surface area contributed by atoms with E-state index in [1.807, 2.05) is 22.8 Å². The van der Waals surface area contributed by atoms with Crippen LogP contribution in [0, 0.1) is 11.6 Å². The monoisotopic (exact) mass is 460 g/mol. The van der Waals surface area contributed by atoms with E-state index in [0.29, 0.717) is 28.3 Å². The van der Waals surface area contributed by atoms with Gasteiger partial charge in [0.15, 0.2) is 22.6 Å². The van der Waals surface area contributed by atoms with Gasteiger partial charge in [-0.3, -0.25) is 9.36 Å². The Morgan fingerprint density at radius 1 is 1.10 bits per heavy atom. The first-order valence-corrected chi connectivity index (χ1v) is 10.4. The summed E-state index contributed by atoms with van der Waals surface area (Å²) in [5.41, 5.74) is 0.936. The third kappa shape index (κ3) is 5.12. The largest absolute Gasteiger partial charge is 0.467 e. The standard InChI is InChI=1S/C21H15ClF2N4O2S/c22-14-4-1-3-13(9-14)20-26-27-21(28(20)11-16-5-2-8-30-16)31-12-19(29)25-15-6-7-17(23)18(24)10-15/h1-10H,11-12H2,(H,25,29). The van der Waals surface area contributed by atoms with Crippen molar-refractivity contribution in [3.05, 3.63) is 83.3 Å². The summed E-state index contributed by atoms with van der Waals surface area (Å²) in [4.78, 5) is 12.3. The molecule has 0 unspecified atom stereocenters. The molecule has 0 aliphatic carbocycles. The number of anilines is 1. The molecule has 158 valence electrons. The fraction of sp³-hybridized carbons (Fsp3) is 0.0952. The topological polar surface area (TPSA) is 73.0 Å². The molecule has 0 bridgehead atoms. The van der Waals surface area contributed by atoms with Crippen LogP contribution in [0.25, 0.3) is 11.4 Å². The maximum atomic E-state index is 13.3. The van der Waals surface area contributed by atoms with Crippen molar-refractivity contribution < 1.29 is 18.0 Å². The lowest BCUT2D eigenvalue weighted by Gasteiger charge is -2.09. The van der Waals surface area contributed by atoms with E-state index in [2.05, 4.69) is 15.5 Å². The summed E-state index contributed by atoms with van der Waals surface area (Å²) >= 11 is 7.27. The molecule has 0 atom stereocenters. The van der Waals surface area contributed by atoms with Crippen molar-refractivity contribution in [2.45, 2.75) is 11.7 Å². The number of rotatable bonds is 7. The highest BCUT2D eigenvalue weighted by Crippen LogP contribution is 2.27. The number of thioether (sulfide) groups is 1. The number of furan rings is 1. The molecule has 0 spiro atoms. The first-order chi connectivity index (χ1) is 15.0. The number of aromatic nitrogens is 3. The zero-order chi connectivity index (χ0) is 21.8. The summed E-state index contributed by atoms with van der Waals surface area (Å²) in [7, 11) is 0. The number of carbonyl (C=O) groups is 1. The molecule has 0 saturated carbocycles. The Morgan fingerprint density at radius 3 is 2.71 bits per heavy atom. The Balaban J connectivity index is 1.53. The molecule has 1 N–H and O–H groups in total. The SMILES string of the molecule is O=C(CSc1nnc(-c2cccc(Cl)c2)n1Cc1ccco1)Nc1ccc(F)c(F)c1. The van der Waals surface area contributed by atoms with Gasteiger partial charge in [-0.1, -0.05) is 35.5 Å². The van der Waals surface area contributed by atoms with Gasteiger partial charge in [0.05, 0.1) is 18.6 Å².